The van der Waals surface area contributed by atoms with Crippen LogP contribution in [0.1, 0.15) is 115 Å². The Morgan fingerprint density at radius 3 is 1.69 bits per heavy atom. The van der Waals surface area contributed by atoms with Crippen molar-refractivity contribution in [1.29, 1.82) is 0 Å². The number of carbonyl (C=O) groups excluding carboxylic acids is 2. The number of amides is 1. The summed E-state index contributed by atoms with van der Waals surface area (Å²) in [6.45, 7) is 3.21. The molecule has 0 spiro atoms. The summed E-state index contributed by atoms with van der Waals surface area (Å²) in [6, 6.07) is 9.62. The third-order valence-electron chi connectivity index (χ3n) is 6.04. The second-order valence-electron chi connectivity index (χ2n) is 8.96. The average molecular weight is 446 g/mol. The van der Waals surface area contributed by atoms with Crippen molar-refractivity contribution in [3.63, 3.8) is 0 Å². The molecule has 0 unspecified atom stereocenters. The lowest BCUT2D eigenvalue weighted by molar-refractivity contribution is -0.108. The van der Waals surface area contributed by atoms with E-state index in [2.05, 4.69) is 6.92 Å². The van der Waals surface area contributed by atoms with Crippen LogP contribution in [0, 0.1) is 0 Å². The topological polar surface area (TPSA) is 46.6 Å². The third kappa shape index (κ3) is 15.9. The van der Waals surface area contributed by atoms with Gasteiger partial charge in [-0.25, -0.2) is 4.79 Å². The van der Waals surface area contributed by atoms with Gasteiger partial charge in [-0.05, 0) is 12.0 Å². The number of unbranched alkanes of at least 4 members (excludes halogenated alkanes) is 15. The summed E-state index contributed by atoms with van der Waals surface area (Å²) in [7, 11) is 0. The molecule has 1 aromatic carbocycles. The minimum absolute atomic E-state index is 0.104. The molecule has 0 saturated carbocycles. The maximum atomic E-state index is 12.2. The highest BCUT2D eigenvalue weighted by Crippen LogP contribution is 2.14. The molecule has 0 saturated heterocycles. The van der Waals surface area contributed by atoms with Crippen LogP contribution in [0.15, 0.2) is 30.3 Å². The molecule has 0 aliphatic heterocycles. The van der Waals surface area contributed by atoms with Crippen molar-refractivity contribution >= 4 is 12.4 Å². The van der Waals surface area contributed by atoms with E-state index in [1.807, 2.05) is 30.3 Å². The summed E-state index contributed by atoms with van der Waals surface area (Å²) in [6.07, 6.45) is 21.5. The number of carbonyl (C=O) groups is 2. The molecule has 0 bridgehead atoms. The van der Waals surface area contributed by atoms with E-state index < -0.39 is 6.09 Å². The summed E-state index contributed by atoms with van der Waals surface area (Å²) in [5, 5.41) is 0. The van der Waals surface area contributed by atoms with Gasteiger partial charge in [-0.2, -0.15) is 0 Å². The van der Waals surface area contributed by atoms with Crippen LogP contribution in [-0.2, 0) is 16.1 Å². The Balaban J connectivity index is 1.94. The van der Waals surface area contributed by atoms with Crippen molar-refractivity contribution in [2.45, 2.75) is 116 Å². The maximum absolute atomic E-state index is 12.2. The monoisotopic (exact) mass is 445 g/mol. The van der Waals surface area contributed by atoms with Crippen LogP contribution in [0.25, 0.3) is 0 Å². The van der Waals surface area contributed by atoms with Crippen molar-refractivity contribution in [2.24, 2.45) is 0 Å². The first-order chi connectivity index (χ1) is 15.8. The maximum Gasteiger partial charge on any atom is 0.410 e. The van der Waals surface area contributed by atoms with Crippen LogP contribution < -0.4 is 0 Å². The molecule has 0 fully saturated rings. The minimum Gasteiger partial charge on any atom is -0.445 e. The largest absolute Gasteiger partial charge is 0.445 e. The Hall–Kier alpha value is -1.84. The number of benzene rings is 1. The highest BCUT2D eigenvalue weighted by Gasteiger charge is 2.14. The van der Waals surface area contributed by atoms with Crippen molar-refractivity contribution < 1.29 is 14.3 Å². The standard InChI is InChI=1S/C28H47NO3/c1-2-3-4-5-6-7-8-9-10-11-12-13-14-15-16-20-23-29(24-25-30)28(31)32-26-27-21-18-17-19-22-27/h17-19,21-22,25H,2-16,20,23-24,26H2,1H3. The van der Waals surface area contributed by atoms with E-state index in [4.69, 9.17) is 4.74 Å². The van der Waals surface area contributed by atoms with Crippen LogP contribution in [0.4, 0.5) is 4.79 Å². The Morgan fingerprint density at radius 2 is 1.22 bits per heavy atom. The summed E-state index contributed by atoms with van der Waals surface area (Å²) >= 11 is 0. The zero-order valence-corrected chi connectivity index (χ0v) is 20.6. The Bertz CT molecular complexity index is 561. The highest BCUT2D eigenvalue weighted by atomic mass is 16.6. The normalized spacial score (nSPS) is 10.8. The fourth-order valence-corrected chi connectivity index (χ4v) is 4.01. The Morgan fingerprint density at radius 1 is 0.750 bits per heavy atom. The van der Waals surface area contributed by atoms with Crippen molar-refractivity contribution in [3.05, 3.63) is 35.9 Å². The molecule has 1 aromatic rings. The van der Waals surface area contributed by atoms with Crippen LogP contribution >= 0.6 is 0 Å². The summed E-state index contributed by atoms with van der Waals surface area (Å²) in [5.41, 5.74) is 0.953. The van der Waals surface area contributed by atoms with Crippen molar-refractivity contribution in [2.75, 3.05) is 13.1 Å². The minimum atomic E-state index is -0.401. The fraction of sp³-hybridized carbons (Fsp3) is 0.714. The molecular weight excluding hydrogens is 398 g/mol. The van der Waals surface area contributed by atoms with Crippen LogP contribution in [0.2, 0.25) is 0 Å². The summed E-state index contributed by atoms with van der Waals surface area (Å²) in [5.74, 6) is 0. The molecule has 0 aromatic heterocycles. The van der Waals surface area contributed by atoms with Gasteiger partial charge in [-0.3, -0.25) is 0 Å². The smallest absolute Gasteiger partial charge is 0.410 e. The van der Waals surface area contributed by atoms with Crippen LogP contribution in [-0.4, -0.2) is 30.4 Å². The van der Waals surface area contributed by atoms with E-state index in [0.717, 1.165) is 24.7 Å². The molecule has 0 aliphatic carbocycles. The molecule has 0 radical (unpaired) electrons. The number of aldehydes is 1. The molecule has 0 atom stereocenters. The lowest BCUT2D eigenvalue weighted by Crippen LogP contribution is -2.34. The SMILES string of the molecule is CCCCCCCCCCCCCCCCCCN(CC=O)C(=O)OCc1ccccc1. The van der Waals surface area contributed by atoms with Crippen LogP contribution in [0.3, 0.4) is 0 Å². The van der Waals surface area contributed by atoms with Gasteiger partial charge in [0.2, 0.25) is 0 Å². The fourth-order valence-electron chi connectivity index (χ4n) is 4.01. The molecule has 0 heterocycles. The number of hydrogen-bond donors (Lipinski definition) is 0. The number of nitrogens with zero attached hydrogens (tertiary/aromatic N) is 1. The lowest BCUT2D eigenvalue weighted by Gasteiger charge is -2.19. The first-order valence-corrected chi connectivity index (χ1v) is 13.2. The zero-order valence-electron chi connectivity index (χ0n) is 20.6. The second-order valence-corrected chi connectivity index (χ2v) is 8.96. The molecule has 4 heteroatoms. The van der Waals surface area contributed by atoms with Gasteiger partial charge in [0, 0.05) is 6.54 Å². The van der Waals surface area contributed by atoms with E-state index in [9.17, 15) is 9.59 Å². The van der Waals surface area contributed by atoms with Crippen molar-refractivity contribution in [1.82, 2.24) is 4.90 Å². The molecule has 0 N–H and O–H groups in total. The molecule has 1 rings (SSSR count). The van der Waals surface area contributed by atoms with Gasteiger partial charge in [0.05, 0.1) is 6.54 Å². The van der Waals surface area contributed by atoms with Gasteiger partial charge in [-0.1, -0.05) is 134 Å². The Labute approximate surface area is 197 Å². The van der Waals surface area contributed by atoms with Gasteiger partial charge in [0.15, 0.2) is 0 Å². The molecule has 32 heavy (non-hydrogen) atoms. The summed E-state index contributed by atoms with van der Waals surface area (Å²) < 4.78 is 5.35. The number of ether oxygens (including phenoxy) is 1. The van der Waals surface area contributed by atoms with Crippen molar-refractivity contribution in [3.8, 4) is 0 Å². The van der Waals surface area contributed by atoms with E-state index in [0.29, 0.717) is 6.54 Å². The quantitative estimate of drug-likeness (QED) is 0.142. The van der Waals surface area contributed by atoms with Crippen LogP contribution in [0.5, 0.6) is 0 Å². The zero-order chi connectivity index (χ0) is 23.1. The van der Waals surface area contributed by atoms with Gasteiger partial charge in [0.1, 0.15) is 12.9 Å². The lowest BCUT2D eigenvalue weighted by atomic mass is 10.0. The number of rotatable bonds is 21. The highest BCUT2D eigenvalue weighted by molar-refractivity contribution is 5.71. The molecule has 0 aliphatic rings. The number of hydrogen-bond acceptors (Lipinski definition) is 3. The van der Waals surface area contributed by atoms with Gasteiger partial charge < -0.3 is 14.4 Å². The molecule has 182 valence electrons. The first kappa shape index (κ1) is 28.2. The first-order valence-electron chi connectivity index (χ1n) is 13.2. The van der Waals surface area contributed by atoms with E-state index in [1.165, 1.54) is 94.8 Å². The van der Waals surface area contributed by atoms with Gasteiger partial charge >= 0.3 is 6.09 Å². The van der Waals surface area contributed by atoms with E-state index >= 15 is 0 Å². The average Bonchev–Trinajstić information content (AvgIpc) is 2.82. The summed E-state index contributed by atoms with van der Waals surface area (Å²) in [4.78, 5) is 24.7. The molecular formula is C28H47NO3. The van der Waals surface area contributed by atoms with Gasteiger partial charge in [-0.15, -0.1) is 0 Å². The predicted molar refractivity (Wildman–Crippen MR) is 134 cm³/mol. The van der Waals surface area contributed by atoms with E-state index in [1.54, 1.807) is 0 Å². The Kier molecular flexibility index (Phi) is 18.5. The van der Waals surface area contributed by atoms with Gasteiger partial charge in [0.25, 0.3) is 0 Å². The second kappa shape index (κ2) is 21.0. The third-order valence-corrected chi connectivity index (χ3v) is 6.04. The van der Waals surface area contributed by atoms with E-state index in [-0.39, 0.29) is 13.2 Å². The molecule has 1 amide bonds. The predicted octanol–water partition coefficient (Wildman–Crippen LogP) is 8.09. The molecule has 4 nitrogen and oxygen atoms in total.